The molecule has 1 saturated heterocycles. The van der Waals surface area contributed by atoms with Crippen LogP contribution in [0.3, 0.4) is 0 Å². The van der Waals surface area contributed by atoms with Crippen LogP contribution in [0.25, 0.3) is 0 Å². The quantitative estimate of drug-likeness (QED) is 0.376. The Kier molecular flexibility index (Phi) is 6.94. The molecule has 0 bridgehead atoms. The molecule has 10 heteroatoms. The second kappa shape index (κ2) is 8.42. The van der Waals surface area contributed by atoms with Crippen LogP contribution in [0.2, 0.25) is 0 Å². The fourth-order valence-corrected chi connectivity index (χ4v) is 4.66. The Morgan fingerprint density at radius 3 is 2.54 bits per heavy atom. The van der Waals surface area contributed by atoms with E-state index in [-0.39, 0.29) is 29.7 Å². The van der Waals surface area contributed by atoms with Gasteiger partial charge < -0.3 is 14.7 Å². The topological polar surface area (TPSA) is 91.0 Å². The molecule has 148 valence electrons. The van der Waals surface area contributed by atoms with Crippen molar-refractivity contribution in [2.75, 3.05) is 39.8 Å². The highest BCUT2D eigenvalue weighted by molar-refractivity contribution is 14.0. The first-order valence-corrected chi connectivity index (χ1v) is 10.3. The Balaban J connectivity index is 0.00000243. The van der Waals surface area contributed by atoms with Gasteiger partial charge in [-0.1, -0.05) is 19.0 Å². The lowest BCUT2D eigenvalue weighted by Crippen LogP contribution is -2.54. The van der Waals surface area contributed by atoms with Crippen LogP contribution in [0, 0.1) is 11.3 Å². The van der Waals surface area contributed by atoms with Crippen LogP contribution in [0.15, 0.2) is 21.8 Å². The molecular formula is C16H28IN5O3S. The SMILES string of the molecule is CN=C(NCC1CC1(C)C)N1CCN(S(=O)(=O)Cc2ccon2)CC1.I. The van der Waals surface area contributed by atoms with Gasteiger partial charge in [0, 0.05) is 45.8 Å². The van der Waals surface area contributed by atoms with Crippen LogP contribution < -0.4 is 5.32 Å². The summed E-state index contributed by atoms with van der Waals surface area (Å²) < 4.78 is 31.2. The van der Waals surface area contributed by atoms with E-state index in [2.05, 4.69) is 34.2 Å². The van der Waals surface area contributed by atoms with Crippen LogP contribution in [0.1, 0.15) is 26.0 Å². The molecule has 0 radical (unpaired) electrons. The zero-order chi connectivity index (χ0) is 18.1. The standard InChI is InChI=1S/C16H27N5O3S.HI/c1-16(2)10-13(16)11-18-15(17-3)20-5-7-21(8-6-20)25(22,23)12-14-4-9-24-19-14;/h4,9,13H,5-8,10-12H2,1-3H3,(H,17,18);1H. The number of hydrogen-bond acceptors (Lipinski definition) is 5. The first-order chi connectivity index (χ1) is 11.8. The van der Waals surface area contributed by atoms with Crippen LogP contribution in [-0.4, -0.2) is 68.5 Å². The van der Waals surface area contributed by atoms with E-state index < -0.39 is 10.0 Å². The van der Waals surface area contributed by atoms with Crippen molar-refractivity contribution >= 4 is 40.0 Å². The average Bonchev–Trinajstić information content (AvgIpc) is 2.95. The van der Waals surface area contributed by atoms with E-state index in [0.717, 1.165) is 12.5 Å². The summed E-state index contributed by atoms with van der Waals surface area (Å²) in [4.78, 5) is 6.47. The molecule has 1 N–H and O–H groups in total. The lowest BCUT2D eigenvalue weighted by atomic mass is 10.1. The molecule has 2 aliphatic rings. The maximum atomic E-state index is 12.5. The minimum Gasteiger partial charge on any atom is -0.364 e. The van der Waals surface area contributed by atoms with Crippen molar-refractivity contribution in [2.24, 2.45) is 16.3 Å². The Labute approximate surface area is 172 Å². The smallest absolute Gasteiger partial charge is 0.220 e. The number of piperazine rings is 1. The molecule has 0 amide bonds. The molecule has 1 aliphatic carbocycles. The molecule has 3 rings (SSSR count). The predicted octanol–water partition coefficient (Wildman–Crippen LogP) is 1.36. The van der Waals surface area contributed by atoms with Gasteiger partial charge in [-0.3, -0.25) is 4.99 Å². The molecule has 1 aromatic heterocycles. The molecule has 1 aliphatic heterocycles. The summed E-state index contributed by atoms with van der Waals surface area (Å²) in [6.07, 6.45) is 2.63. The van der Waals surface area contributed by atoms with Crippen molar-refractivity contribution in [3.63, 3.8) is 0 Å². The first-order valence-electron chi connectivity index (χ1n) is 8.64. The van der Waals surface area contributed by atoms with E-state index in [1.54, 1.807) is 13.1 Å². The van der Waals surface area contributed by atoms with Crippen molar-refractivity contribution in [1.29, 1.82) is 0 Å². The highest BCUT2D eigenvalue weighted by atomic mass is 127. The minimum absolute atomic E-state index is 0. The predicted molar refractivity (Wildman–Crippen MR) is 111 cm³/mol. The number of nitrogens with zero attached hydrogens (tertiary/aromatic N) is 4. The fourth-order valence-electron chi connectivity index (χ4n) is 3.24. The van der Waals surface area contributed by atoms with Crippen molar-refractivity contribution in [2.45, 2.75) is 26.0 Å². The summed E-state index contributed by atoms with van der Waals surface area (Å²) in [7, 11) is -1.60. The molecular weight excluding hydrogens is 469 g/mol. The second-order valence-electron chi connectivity index (χ2n) is 7.45. The number of aliphatic imine (C=N–C) groups is 1. The largest absolute Gasteiger partial charge is 0.364 e. The van der Waals surface area contributed by atoms with Gasteiger partial charge in [0.05, 0.1) is 5.69 Å². The van der Waals surface area contributed by atoms with Gasteiger partial charge in [0.1, 0.15) is 12.0 Å². The molecule has 2 heterocycles. The average molecular weight is 497 g/mol. The lowest BCUT2D eigenvalue weighted by Gasteiger charge is -2.35. The number of halogens is 1. The molecule has 2 fully saturated rings. The monoisotopic (exact) mass is 497 g/mol. The van der Waals surface area contributed by atoms with E-state index in [1.807, 2.05) is 0 Å². The van der Waals surface area contributed by atoms with Gasteiger partial charge in [-0.2, -0.15) is 4.31 Å². The lowest BCUT2D eigenvalue weighted by molar-refractivity contribution is 0.259. The van der Waals surface area contributed by atoms with Gasteiger partial charge >= 0.3 is 0 Å². The van der Waals surface area contributed by atoms with E-state index in [0.29, 0.717) is 43.2 Å². The van der Waals surface area contributed by atoms with Gasteiger partial charge in [-0.05, 0) is 17.8 Å². The van der Waals surface area contributed by atoms with E-state index in [9.17, 15) is 8.42 Å². The first kappa shape index (κ1) is 21.4. The summed E-state index contributed by atoms with van der Waals surface area (Å²) in [6.45, 7) is 7.65. The van der Waals surface area contributed by atoms with Crippen molar-refractivity contribution in [1.82, 2.24) is 19.7 Å². The third-order valence-corrected chi connectivity index (χ3v) is 7.00. The minimum atomic E-state index is -3.37. The van der Waals surface area contributed by atoms with E-state index >= 15 is 0 Å². The number of aromatic nitrogens is 1. The summed E-state index contributed by atoms with van der Waals surface area (Å²) >= 11 is 0. The number of guanidine groups is 1. The second-order valence-corrected chi connectivity index (χ2v) is 9.42. The van der Waals surface area contributed by atoms with Crippen molar-refractivity contribution in [3.8, 4) is 0 Å². The van der Waals surface area contributed by atoms with Crippen molar-refractivity contribution in [3.05, 3.63) is 18.0 Å². The zero-order valence-electron chi connectivity index (χ0n) is 15.5. The van der Waals surface area contributed by atoms with Gasteiger partial charge in [0.2, 0.25) is 10.0 Å². The maximum Gasteiger partial charge on any atom is 0.220 e. The maximum absolute atomic E-state index is 12.5. The summed E-state index contributed by atoms with van der Waals surface area (Å²) in [5, 5.41) is 7.12. The Bertz CT molecular complexity index is 712. The molecule has 1 aromatic rings. The van der Waals surface area contributed by atoms with Gasteiger partial charge in [-0.25, -0.2) is 8.42 Å². The highest BCUT2D eigenvalue weighted by Crippen LogP contribution is 2.50. The van der Waals surface area contributed by atoms with E-state index in [1.165, 1.54) is 17.0 Å². The molecule has 8 nitrogen and oxygen atoms in total. The third-order valence-electron chi connectivity index (χ3n) is 5.19. The van der Waals surface area contributed by atoms with Gasteiger partial charge in [0.15, 0.2) is 5.96 Å². The van der Waals surface area contributed by atoms with Gasteiger partial charge in [-0.15, -0.1) is 24.0 Å². The molecule has 0 spiro atoms. The molecule has 0 aromatic carbocycles. The highest BCUT2D eigenvalue weighted by Gasteiger charge is 2.45. The summed E-state index contributed by atoms with van der Waals surface area (Å²) in [5.41, 5.74) is 0.867. The normalized spacial score (nSPS) is 23.4. The number of rotatable bonds is 5. The Hall–Kier alpha value is -0.880. The summed E-state index contributed by atoms with van der Waals surface area (Å²) in [5.74, 6) is 1.43. The summed E-state index contributed by atoms with van der Waals surface area (Å²) in [6, 6.07) is 1.58. The third kappa shape index (κ3) is 5.10. The van der Waals surface area contributed by atoms with Crippen LogP contribution >= 0.6 is 24.0 Å². The number of nitrogens with one attached hydrogen (secondary N) is 1. The molecule has 1 saturated carbocycles. The molecule has 1 atom stereocenters. The van der Waals surface area contributed by atoms with Gasteiger partial charge in [0.25, 0.3) is 0 Å². The molecule has 1 unspecified atom stereocenters. The number of hydrogen-bond donors (Lipinski definition) is 1. The number of sulfonamides is 1. The van der Waals surface area contributed by atoms with Crippen LogP contribution in [0.5, 0.6) is 0 Å². The van der Waals surface area contributed by atoms with Crippen LogP contribution in [0.4, 0.5) is 0 Å². The zero-order valence-corrected chi connectivity index (χ0v) is 18.7. The Morgan fingerprint density at radius 2 is 2.04 bits per heavy atom. The Morgan fingerprint density at radius 1 is 1.38 bits per heavy atom. The van der Waals surface area contributed by atoms with Crippen LogP contribution in [-0.2, 0) is 15.8 Å². The van der Waals surface area contributed by atoms with E-state index in [4.69, 9.17) is 4.52 Å². The van der Waals surface area contributed by atoms with Crippen molar-refractivity contribution < 1.29 is 12.9 Å². The molecule has 26 heavy (non-hydrogen) atoms. The fraction of sp³-hybridized carbons (Fsp3) is 0.750.